The Morgan fingerprint density at radius 3 is 2.47 bits per heavy atom. The maximum Gasteiger partial charge on any atom is 0.233 e. The van der Waals surface area contributed by atoms with Gasteiger partial charge in [-0.25, -0.2) is 0 Å². The SMILES string of the molecule is CN(C)C(=O)[C@H]1C(=O)[C@@]2(O)c3ncc(Cl)cc3O[C@@]2(c2ccc(C#N)cc2)[C@@H]1c1ccccc1. The Labute approximate surface area is 201 Å². The molecule has 1 N–H and O–H groups in total. The molecule has 1 aromatic heterocycles. The molecule has 1 aliphatic carbocycles. The molecule has 0 radical (unpaired) electrons. The second-order valence-corrected chi connectivity index (χ2v) is 9.14. The molecule has 7 nitrogen and oxygen atoms in total. The third kappa shape index (κ3) is 2.76. The molecule has 2 heterocycles. The zero-order chi connectivity index (χ0) is 24.3. The molecule has 1 amide bonds. The van der Waals surface area contributed by atoms with E-state index in [-0.39, 0.29) is 16.5 Å². The van der Waals surface area contributed by atoms with E-state index >= 15 is 0 Å². The van der Waals surface area contributed by atoms with E-state index in [4.69, 9.17) is 16.3 Å². The van der Waals surface area contributed by atoms with Gasteiger partial charge in [-0.05, 0) is 23.3 Å². The fraction of sp³-hybridized carbons (Fsp3) is 0.231. The number of halogens is 1. The van der Waals surface area contributed by atoms with Crippen LogP contribution in [0.1, 0.15) is 28.3 Å². The number of ether oxygens (including phenoxy) is 1. The van der Waals surface area contributed by atoms with E-state index in [0.717, 1.165) is 0 Å². The minimum absolute atomic E-state index is 0.0150. The van der Waals surface area contributed by atoms with Crippen molar-refractivity contribution in [2.45, 2.75) is 17.1 Å². The standard InChI is InChI=1S/C26H20ClN3O4/c1-30(2)24(32)20-21(16-6-4-3-5-7-16)26(17-10-8-15(13-28)9-11-17)25(33,23(20)31)22-19(34-26)12-18(27)14-29-22/h3-12,14,20-21,33H,1-2H3/t20-,21-,25+,26+/m1/s1. The highest BCUT2D eigenvalue weighted by molar-refractivity contribution is 6.30. The van der Waals surface area contributed by atoms with Crippen molar-refractivity contribution < 1.29 is 19.4 Å². The molecule has 34 heavy (non-hydrogen) atoms. The van der Waals surface area contributed by atoms with Crippen molar-refractivity contribution in [2.24, 2.45) is 5.92 Å². The Balaban J connectivity index is 1.87. The predicted molar refractivity (Wildman–Crippen MR) is 123 cm³/mol. The fourth-order valence-electron chi connectivity index (χ4n) is 5.25. The molecule has 170 valence electrons. The van der Waals surface area contributed by atoms with Crippen LogP contribution in [-0.4, -0.2) is 40.8 Å². The minimum atomic E-state index is -2.27. The number of carbonyl (C=O) groups is 2. The summed E-state index contributed by atoms with van der Waals surface area (Å²) in [4.78, 5) is 33.1. The van der Waals surface area contributed by atoms with Gasteiger partial charge in [0.15, 0.2) is 11.4 Å². The molecule has 1 aliphatic heterocycles. The van der Waals surface area contributed by atoms with E-state index in [0.29, 0.717) is 16.7 Å². The highest BCUT2D eigenvalue weighted by Crippen LogP contribution is 2.66. The molecule has 5 rings (SSSR count). The van der Waals surface area contributed by atoms with Crippen molar-refractivity contribution in [3.05, 3.63) is 94.3 Å². The van der Waals surface area contributed by atoms with Crippen molar-refractivity contribution in [3.8, 4) is 11.8 Å². The number of carbonyl (C=O) groups excluding carboxylic acids is 2. The van der Waals surface area contributed by atoms with Gasteiger partial charge < -0.3 is 14.7 Å². The lowest BCUT2D eigenvalue weighted by atomic mass is 9.71. The first kappa shape index (κ1) is 22.1. The summed E-state index contributed by atoms with van der Waals surface area (Å²) in [7, 11) is 3.13. The lowest BCUT2D eigenvalue weighted by Crippen LogP contribution is -2.51. The number of nitrogens with zero attached hydrogens (tertiary/aromatic N) is 3. The quantitative estimate of drug-likeness (QED) is 0.586. The van der Waals surface area contributed by atoms with Gasteiger partial charge in [-0.3, -0.25) is 14.6 Å². The van der Waals surface area contributed by atoms with Crippen molar-refractivity contribution in [2.75, 3.05) is 14.1 Å². The molecule has 4 atom stereocenters. The smallest absolute Gasteiger partial charge is 0.233 e. The van der Waals surface area contributed by atoms with Crippen LogP contribution in [0.15, 0.2) is 66.9 Å². The van der Waals surface area contributed by atoms with Crippen LogP contribution < -0.4 is 4.74 Å². The first-order valence-electron chi connectivity index (χ1n) is 10.6. The van der Waals surface area contributed by atoms with Gasteiger partial charge in [0.2, 0.25) is 11.5 Å². The van der Waals surface area contributed by atoms with Crippen LogP contribution in [0.5, 0.6) is 5.75 Å². The van der Waals surface area contributed by atoms with Crippen LogP contribution in [0.25, 0.3) is 0 Å². The molecule has 2 aromatic carbocycles. The van der Waals surface area contributed by atoms with Gasteiger partial charge in [0.05, 0.1) is 22.6 Å². The van der Waals surface area contributed by atoms with E-state index < -0.39 is 34.7 Å². The molecule has 0 saturated heterocycles. The number of Topliss-reactive ketones (excluding diaryl/α,β-unsaturated/α-hetero) is 1. The maximum absolute atomic E-state index is 14.1. The third-order valence-electron chi connectivity index (χ3n) is 6.69. The predicted octanol–water partition coefficient (Wildman–Crippen LogP) is 3.15. The molecule has 0 spiro atoms. The van der Waals surface area contributed by atoms with Crippen LogP contribution >= 0.6 is 11.6 Å². The Morgan fingerprint density at radius 1 is 1.18 bits per heavy atom. The number of ketones is 1. The molecule has 2 aliphatic rings. The Bertz CT molecular complexity index is 1350. The lowest BCUT2D eigenvalue weighted by Gasteiger charge is -2.39. The van der Waals surface area contributed by atoms with Crippen LogP contribution in [0, 0.1) is 17.2 Å². The third-order valence-corrected chi connectivity index (χ3v) is 6.90. The number of hydrogen-bond acceptors (Lipinski definition) is 6. The molecule has 0 unspecified atom stereocenters. The summed E-state index contributed by atoms with van der Waals surface area (Å²) >= 11 is 6.16. The van der Waals surface area contributed by atoms with E-state index in [1.807, 2.05) is 6.07 Å². The van der Waals surface area contributed by atoms with E-state index in [2.05, 4.69) is 11.1 Å². The summed E-state index contributed by atoms with van der Waals surface area (Å²) in [5.41, 5.74) is -2.47. The van der Waals surface area contributed by atoms with Crippen molar-refractivity contribution in [1.82, 2.24) is 9.88 Å². The summed E-state index contributed by atoms with van der Waals surface area (Å²) in [6.07, 6.45) is 1.34. The van der Waals surface area contributed by atoms with Crippen molar-refractivity contribution >= 4 is 23.3 Å². The van der Waals surface area contributed by atoms with Gasteiger partial charge in [0, 0.05) is 26.4 Å². The molecule has 1 saturated carbocycles. The minimum Gasteiger partial charge on any atom is -0.476 e. The molecule has 3 aromatic rings. The second kappa shape index (κ2) is 7.66. The Hall–Kier alpha value is -3.73. The number of amides is 1. The van der Waals surface area contributed by atoms with Gasteiger partial charge in [0.1, 0.15) is 17.4 Å². The number of aromatic nitrogens is 1. The number of benzene rings is 2. The van der Waals surface area contributed by atoms with E-state index in [9.17, 15) is 20.0 Å². The van der Waals surface area contributed by atoms with E-state index in [1.54, 1.807) is 62.6 Å². The normalized spacial score (nSPS) is 26.9. The first-order valence-corrected chi connectivity index (χ1v) is 11.0. The van der Waals surface area contributed by atoms with E-state index in [1.165, 1.54) is 17.2 Å². The Morgan fingerprint density at radius 2 is 1.85 bits per heavy atom. The number of nitriles is 1. The monoisotopic (exact) mass is 473 g/mol. The lowest BCUT2D eigenvalue weighted by molar-refractivity contribution is -0.153. The second-order valence-electron chi connectivity index (χ2n) is 8.70. The summed E-state index contributed by atoms with van der Waals surface area (Å²) in [5, 5.41) is 21.9. The van der Waals surface area contributed by atoms with Crippen LogP contribution in [0.4, 0.5) is 0 Å². The molecule has 0 bridgehead atoms. The van der Waals surface area contributed by atoms with Gasteiger partial charge in [-0.15, -0.1) is 0 Å². The number of aliphatic hydroxyl groups is 1. The average molecular weight is 474 g/mol. The molecular formula is C26H20ClN3O4. The van der Waals surface area contributed by atoms with Crippen LogP contribution in [0.2, 0.25) is 5.02 Å². The average Bonchev–Trinajstić information content (AvgIpc) is 3.21. The fourth-order valence-corrected chi connectivity index (χ4v) is 5.40. The largest absolute Gasteiger partial charge is 0.476 e. The summed E-state index contributed by atoms with van der Waals surface area (Å²) < 4.78 is 6.49. The zero-order valence-corrected chi connectivity index (χ0v) is 19.2. The summed E-state index contributed by atoms with van der Waals surface area (Å²) in [6.45, 7) is 0. The van der Waals surface area contributed by atoms with Crippen molar-refractivity contribution in [1.29, 1.82) is 5.26 Å². The molecular weight excluding hydrogens is 454 g/mol. The number of hydrogen-bond donors (Lipinski definition) is 1. The first-order chi connectivity index (χ1) is 16.3. The highest BCUT2D eigenvalue weighted by atomic mass is 35.5. The zero-order valence-electron chi connectivity index (χ0n) is 18.4. The maximum atomic E-state index is 14.1. The van der Waals surface area contributed by atoms with Gasteiger partial charge in [-0.1, -0.05) is 54.1 Å². The molecule has 8 heteroatoms. The highest BCUT2D eigenvalue weighted by Gasteiger charge is 2.78. The van der Waals surface area contributed by atoms with Gasteiger partial charge in [0.25, 0.3) is 0 Å². The van der Waals surface area contributed by atoms with Gasteiger partial charge >= 0.3 is 0 Å². The molecule has 1 fully saturated rings. The van der Waals surface area contributed by atoms with Crippen molar-refractivity contribution in [3.63, 3.8) is 0 Å². The van der Waals surface area contributed by atoms with Gasteiger partial charge in [-0.2, -0.15) is 5.26 Å². The Kier molecular flexibility index (Phi) is 4.97. The number of fused-ring (bicyclic) bond motifs is 3. The summed E-state index contributed by atoms with van der Waals surface area (Å²) in [6, 6.07) is 19.1. The summed E-state index contributed by atoms with van der Waals surface area (Å²) in [5.74, 6) is -3.10. The topological polar surface area (TPSA) is 104 Å². The number of pyridine rings is 1. The van der Waals surface area contributed by atoms with Crippen LogP contribution in [-0.2, 0) is 20.8 Å². The van der Waals surface area contributed by atoms with Crippen LogP contribution in [0.3, 0.4) is 0 Å². The number of rotatable bonds is 3.